The molecule has 0 spiro atoms. The highest BCUT2D eigenvalue weighted by Crippen LogP contribution is 2.41. The molecule has 0 unspecified atom stereocenters. The van der Waals surface area contributed by atoms with Crippen molar-refractivity contribution >= 4 is 11.9 Å². The van der Waals surface area contributed by atoms with Gasteiger partial charge < -0.3 is 19.1 Å². The molecule has 0 saturated carbocycles. The fraction of sp³-hybridized carbons (Fsp3) is 0.529. The standard InChI is InChI=1S/C17H21NO5/c1-3-21-16(20)14-13(17(2)22-9-10-23-17)15(19)18(14)11-12-7-5-4-6-8-12/h4-8,13-14H,3,9-11H2,1-2H3/t13-,14-/m0/s1. The normalized spacial score (nSPS) is 26.0. The summed E-state index contributed by atoms with van der Waals surface area (Å²) in [5.41, 5.74) is 0.965. The second-order valence-electron chi connectivity index (χ2n) is 5.84. The van der Waals surface area contributed by atoms with Crippen LogP contribution in [0.3, 0.4) is 0 Å². The Kier molecular flexibility index (Phi) is 4.37. The van der Waals surface area contributed by atoms with Gasteiger partial charge in [0.15, 0.2) is 5.79 Å². The van der Waals surface area contributed by atoms with E-state index in [2.05, 4.69) is 0 Å². The highest BCUT2D eigenvalue weighted by atomic mass is 16.7. The maximum Gasteiger partial charge on any atom is 0.329 e. The number of amides is 1. The van der Waals surface area contributed by atoms with Crippen LogP contribution in [0, 0.1) is 5.92 Å². The molecule has 2 saturated heterocycles. The molecule has 0 bridgehead atoms. The summed E-state index contributed by atoms with van der Waals surface area (Å²) in [6.07, 6.45) is 0. The summed E-state index contributed by atoms with van der Waals surface area (Å²) < 4.78 is 16.3. The van der Waals surface area contributed by atoms with Crippen molar-refractivity contribution in [3.63, 3.8) is 0 Å². The molecule has 1 aromatic rings. The molecule has 6 heteroatoms. The number of nitrogens with zero attached hydrogens (tertiary/aromatic N) is 1. The number of rotatable bonds is 5. The largest absolute Gasteiger partial charge is 0.464 e. The molecule has 0 aromatic heterocycles. The van der Waals surface area contributed by atoms with Crippen LogP contribution in [0.2, 0.25) is 0 Å². The molecule has 1 aromatic carbocycles. The zero-order valence-corrected chi connectivity index (χ0v) is 13.4. The summed E-state index contributed by atoms with van der Waals surface area (Å²) in [5.74, 6) is -2.26. The molecule has 2 heterocycles. The number of hydrogen-bond donors (Lipinski definition) is 0. The Morgan fingerprint density at radius 3 is 2.57 bits per heavy atom. The summed E-state index contributed by atoms with van der Waals surface area (Å²) in [6, 6.07) is 8.89. The first-order valence-electron chi connectivity index (χ1n) is 7.86. The molecule has 124 valence electrons. The molecule has 2 aliphatic heterocycles. The lowest BCUT2D eigenvalue weighted by Gasteiger charge is -2.50. The fourth-order valence-corrected chi connectivity index (χ4v) is 3.22. The van der Waals surface area contributed by atoms with Crippen molar-refractivity contribution in [3.8, 4) is 0 Å². The second kappa shape index (κ2) is 6.29. The highest BCUT2D eigenvalue weighted by molar-refractivity contribution is 5.98. The van der Waals surface area contributed by atoms with Gasteiger partial charge >= 0.3 is 5.97 Å². The number of esters is 1. The number of likely N-dealkylation sites (tertiary alicyclic amines) is 1. The summed E-state index contributed by atoms with van der Waals surface area (Å²) >= 11 is 0. The fourth-order valence-electron chi connectivity index (χ4n) is 3.22. The number of β-lactam (4-membered cyclic amide) rings is 1. The zero-order valence-electron chi connectivity index (χ0n) is 13.4. The monoisotopic (exact) mass is 319 g/mol. The summed E-state index contributed by atoms with van der Waals surface area (Å²) in [7, 11) is 0. The highest BCUT2D eigenvalue weighted by Gasteiger charge is 2.62. The SMILES string of the molecule is CCOC(=O)[C@@H]1[C@H](C2(C)OCCO2)C(=O)N1Cc1ccccc1. The van der Waals surface area contributed by atoms with Crippen molar-refractivity contribution in [2.75, 3.05) is 19.8 Å². The molecule has 0 radical (unpaired) electrons. The van der Waals surface area contributed by atoms with Gasteiger partial charge in [-0.25, -0.2) is 4.79 Å². The van der Waals surface area contributed by atoms with Crippen LogP contribution in [0.1, 0.15) is 19.4 Å². The smallest absolute Gasteiger partial charge is 0.329 e. The van der Waals surface area contributed by atoms with E-state index in [9.17, 15) is 9.59 Å². The summed E-state index contributed by atoms with van der Waals surface area (Å²) in [4.78, 5) is 26.5. The van der Waals surface area contributed by atoms with E-state index in [-0.39, 0.29) is 12.5 Å². The minimum atomic E-state index is -1.05. The molecule has 2 fully saturated rings. The van der Waals surface area contributed by atoms with Gasteiger partial charge in [-0.05, 0) is 19.4 Å². The number of benzene rings is 1. The van der Waals surface area contributed by atoms with Crippen LogP contribution >= 0.6 is 0 Å². The first-order chi connectivity index (χ1) is 11.1. The van der Waals surface area contributed by atoms with E-state index in [1.807, 2.05) is 30.3 Å². The van der Waals surface area contributed by atoms with Gasteiger partial charge in [-0.15, -0.1) is 0 Å². The Balaban J connectivity index is 1.82. The van der Waals surface area contributed by atoms with Crippen molar-refractivity contribution in [2.24, 2.45) is 5.92 Å². The first-order valence-corrected chi connectivity index (χ1v) is 7.86. The second-order valence-corrected chi connectivity index (χ2v) is 5.84. The van der Waals surface area contributed by atoms with Gasteiger partial charge in [-0.1, -0.05) is 30.3 Å². The van der Waals surface area contributed by atoms with E-state index >= 15 is 0 Å². The zero-order chi connectivity index (χ0) is 16.4. The molecule has 0 aliphatic carbocycles. The number of carbonyl (C=O) groups is 2. The maximum absolute atomic E-state index is 12.6. The molecule has 1 amide bonds. The van der Waals surface area contributed by atoms with Crippen molar-refractivity contribution < 1.29 is 23.8 Å². The Morgan fingerprint density at radius 1 is 1.30 bits per heavy atom. The van der Waals surface area contributed by atoms with Crippen molar-refractivity contribution in [1.29, 1.82) is 0 Å². The molecular weight excluding hydrogens is 298 g/mol. The average molecular weight is 319 g/mol. The molecule has 6 nitrogen and oxygen atoms in total. The van der Waals surface area contributed by atoms with Crippen molar-refractivity contribution in [1.82, 2.24) is 4.90 Å². The Hall–Kier alpha value is -1.92. The summed E-state index contributed by atoms with van der Waals surface area (Å²) in [5, 5.41) is 0. The molecule has 0 N–H and O–H groups in total. The molecule has 3 rings (SSSR count). The van der Waals surface area contributed by atoms with Gasteiger partial charge in [0.1, 0.15) is 12.0 Å². The minimum absolute atomic E-state index is 0.142. The molecular formula is C17H21NO5. The number of ether oxygens (including phenoxy) is 3. The van der Waals surface area contributed by atoms with E-state index < -0.39 is 23.7 Å². The van der Waals surface area contributed by atoms with Gasteiger partial charge in [0.2, 0.25) is 5.91 Å². The van der Waals surface area contributed by atoms with Gasteiger partial charge in [-0.2, -0.15) is 0 Å². The number of hydrogen-bond acceptors (Lipinski definition) is 5. The third-order valence-electron chi connectivity index (χ3n) is 4.35. The van der Waals surface area contributed by atoms with Gasteiger partial charge in [0, 0.05) is 6.54 Å². The third-order valence-corrected chi connectivity index (χ3v) is 4.35. The van der Waals surface area contributed by atoms with E-state index in [0.29, 0.717) is 19.8 Å². The van der Waals surface area contributed by atoms with Crippen molar-refractivity contribution in [3.05, 3.63) is 35.9 Å². The Bertz CT molecular complexity index is 582. The average Bonchev–Trinajstić information content (AvgIpc) is 2.98. The van der Waals surface area contributed by atoms with E-state index in [1.54, 1.807) is 13.8 Å². The predicted octanol–water partition coefficient (Wildman–Crippen LogP) is 1.34. The van der Waals surface area contributed by atoms with E-state index in [1.165, 1.54) is 4.90 Å². The van der Waals surface area contributed by atoms with E-state index in [4.69, 9.17) is 14.2 Å². The van der Waals surface area contributed by atoms with Gasteiger partial charge in [0.25, 0.3) is 0 Å². The van der Waals surface area contributed by atoms with Crippen LogP contribution in [-0.2, 0) is 30.3 Å². The Morgan fingerprint density at radius 2 is 1.96 bits per heavy atom. The van der Waals surface area contributed by atoms with Crippen LogP contribution in [-0.4, -0.2) is 48.4 Å². The Labute approximate surface area is 135 Å². The van der Waals surface area contributed by atoms with Crippen LogP contribution in [0.5, 0.6) is 0 Å². The van der Waals surface area contributed by atoms with Gasteiger partial charge in [-0.3, -0.25) is 4.79 Å². The van der Waals surface area contributed by atoms with Crippen LogP contribution < -0.4 is 0 Å². The van der Waals surface area contributed by atoms with Crippen LogP contribution in [0.4, 0.5) is 0 Å². The first kappa shape index (κ1) is 16.0. The third kappa shape index (κ3) is 2.84. The number of carbonyl (C=O) groups excluding carboxylic acids is 2. The lowest BCUT2D eigenvalue weighted by molar-refractivity contribution is -0.233. The molecule has 2 aliphatic rings. The van der Waals surface area contributed by atoms with E-state index in [0.717, 1.165) is 5.56 Å². The molecule has 2 atom stereocenters. The predicted molar refractivity (Wildman–Crippen MR) is 81.2 cm³/mol. The van der Waals surface area contributed by atoms with Crippen LogP contribution in [0.15, 0.2) is 30.3 Å². The maximum atomic E-state index is 12.6. The quantitative estimate of drug-likeness (QED) is 0.605. The van der Waals surface area contributed by atoms with Crippen molar-refractivity contribution in [2.45, 2.75) is 32.2 Å². The lowest BCUT2D eigenvalue weighted by Crippen LogP contribution is -2.70. The summed E-state index contributed by atoms with van der Waals surface area (Å²) in [6.45, 7) is 4.96. The minimum Gasteiger partial charge on any atom is -0.464 e. The topological polar surface area (TPSA) is 65.1 Å². The van der Waals surface area contributed by atoms with Crippen LogP contribution in [0.25, 0.3) is 0 Å². The lowest BCUT2D eigenvalue weighted by atomic mass is 9.80. The molecule has 23 heavy (non-hydrogen) atoms. The van der Waals surface area contributed by atoms with Gasteiger partial charge in [0.05, 0.1) is 19.8 Å².